The number of hydrogen-bond acceptors (Lipinski definition) is 2. The Morgan fingerprint density at radius 3 is 2.30 bits per heavy atom. The SMILES string of the molecule is OC(Cc1ccc([125I])cc1)CN1CCC(c2ccccc2)CC1. The molecule has 3 rings (SSSR count). The third-order valence-electron chi connectivity index (χ3n) is 4.71. The molecule has 122 valence electrons. The predicted octanol–water partition coefficient (Wildman–Crippen LogP) is 4.07. The predicted molar refractivity (Wildman–Crippen MR) is 104 cm³/mol. The number of piperidine rings is 1. The van der Waals surface area contributed by atoms with Crippen LogP contribution in [-0.2, 0) is 6.42 Å². The summed E-state index contributed by atoms with van der Waals surface area (Å²) in [6.07, 6.45) is 2.86. The molecular formula is C20H24INO. The minimum absolute atomic E-state index is 0.275. The fourth-order valence-electron chi connectivity index (χ4n) is 3.43. The largest absolute Gasteiger partial charge is 0.391 e. The van der Waals surface area contributed by atoms with Crippen LogP contribution in [0.25, 0.3) is 0 Å². The molecule has 0 spiro atoms. The van der Waals surface area contributed by atoms with Gasteiger partial charge in [-0.1, -0.05) is 42.5 Å². The first kappa shape index (κ1) is 16.9. The molecule has 1 atom stereocenters. The Kier molecular flexibility index (Phi) is 6.08. The summed E-state index contributed by atoms with van der Waals surface area (Å²) in [5, 5.41) is 10.4. The minimum Gasteiger partial charge on any atom is -0.391 e. The zero-order valence-electron chi connectivity index (χ0n) is 13.4. The average Bonchev–Trinajstić information content (AvgIpc) is 2.58. The van der Waals surface area contributed by atoms with Crippen LogP contribution < -0.4 is 0 Å². The molecule has 0 amide bonds. The summed E-state index contributed by atoms with van der Waals surface area (Å²) in [4.78, 5) is 2.41. The topological polar surface area (TPSA) is 23.5 Å². The van der Waals surface area contributed by atoms with Crippen LogP contribution in [0.2, 0.25) is 0 Å². The number of halogens is 1. The molecule has 0 radical (unpaired) electrons. The normalized spacial score (nSPS) is 18.0. The van der Waals surface area contributed by atoms with Crippen molar-refractivity contribution in [2.45, 2.75) is 31.3 Å². The lowest BCUT2D eigenvalue weighted by atomic mass is 9.89. The maximum atomic E-state index is 10.4. The van der Waals surface area contributed by atoms with Crippen LogP contribution in [0.1, 0.15) is 29.9 Å². The standard InChI is InChI=1S/C20H24INO/c21-19-8-6-16(7-9-19)14-20(23)15-22-12-10-18(11-13-22)17-4-2-1-3-5-17/h1-9,18,20,23H,10-15H2/i21-2. The zero-order chi connectivity index (χ0) is 16.1. The summed E-state index contributed by atoms with van der Waals surface area (Å²) in [5.74, 6) is 0.681. The number of benzene rings is 2. The van der Waals surface area contributed by atoms with Crippen LogP contribution in [0.3, 0.4) is 0 Å². The maximum Gasteiger partial charge on any atom is 0.0707 e. The van der Waals surface area contributed by atoms with Crippen LogP contribution in [0.5, 0.6) is 0 Å². The summed E-state index contributed by atoms with van der Waals surface area (Å²) in [7, 11) is 0. The van der Waals surface area contributed by atoms with Gasteiger partial charge in [0.05, 0.1) is 6.10 Å². The van der Waals surface area contributed by atoms with E-state index in [9.17, 15) is 5.11 Å². The lowest BCUT2D eigenvalue weighted by Gasteiger charge is -2.33. The second-order valence-corrected chi connectivity index (χ2v) is 7.72. The van der Waals surface area contributed by atoms with E-state index in [2.05, 4.69) is 82.1 Å². The number of likely N-dealkylation sites (tertiary alicyclic amines) is 1. The molecule has 1 unspecified atom stereocenters. The molecule has 1 fully saturated rings. The number of aliphatic hydroxyl groups excluding tert-OH is 1. The van der Waals surface area contributed by atoms with Gasteiger partial charge in [0.15, 0.2) is 0 Å². The minimum atomic E-state index is -0.275. The number of hydrogen-bond donors (Lipinski definition) is 1. The van der Waals surface area contributed by atoms with Gasteiger partial charge in [-0.15, -0.1) is 0 Å². The fraction of sp³-hybridized carbons (Fsp3) is 0.400. The molecule has 1 N–H and O–H groups in total. The Morgan fingerprint density at radius 1 is 1.00 bits per heavy atom. The first-order valence-electron chi connectivity index (χ1n) is 8.40. The molecule has 3 heteroatoms. The third kappa shape index (κ3) is 5.03. The highest BCUT2D eigenvalue weighted by Gasteiger charge is 2.22. The quantitative estimate of drug-likeness (QED) is 0.739. The van der Waals surface area contributed by atoms with Crippen molar-refractivity contribution in [2.24, 2.45) is 0 Å². The highest BCUT2D eigenvalue weighted by molar-refractivity contribution is 14.1. The van der Waals surface area contributed by atoms with Gasteiger partial charge >= 0.3 is 0 Å². The Labute approximate surface area is 152 Å². The van der Waals surface area contributed by atoms with Gasteiger partial charge in [-0.05, 0) is 84.1 Å². The molecule has 2 nitrogen and oxygen atoms in total. The first-order chi connectivity index (χ1) is 11.2. The molecule has 0 saturated carbocycles. The molecule has 1 aliphatic rings. The lowest BCUT2D eigenvalue weighted by Crippen LogP contribution is -2.39. The summed E-state index contributed by atoms with van der Waals surface area (Å²) in [6, 6.07) is 19.3. The number of aliphatic hydroxyl groups is 1. The van der Waals surface area contributed by atoms with E-state index in [0.717, 1.165) is 26.1 Å². The van der Waals surface area contributed by atoms with Crippen LogP contribution >= 0.6 is 22.6 Å². The second kappa shape index (κ2) is 8.27. The Bertz CT molecular complexity index is 591. The van der Waals surface area contributed by atoms with Crippen LogP contribution in [0, 0.1) is 3.57 Å². The van der Waals surface area contributed by atoms with Crippen LogP contribution in [-0.4, -0.2) is 35.7 Å². The van der Waals surface area contributed by atoms with Gasteiger partial charge in [0.1, 0.15) is 0 Å². The van der Waals surface area contributed by atoms with Gasteiger partial charge in [0.25, 0.3) is 0 Å². The van der Waals surface area contributed by atoms with Crippen molar-refractivity contribution in [1.29, 1.82) is 0 Å². The average molecular weight is 419 g/mol. The fourth-order valence-corrected chi connectivity index (χ4v) is 3.79. The summed E-state index contributed by atoms with van der Waals surface area (Å²) in [6.45, 7) is 2.96. The lowest BCUT2D eigenvalue weighted by molar-refractivity contribution is 0.0972. The van der Waals surface area contributed by atoms with Crippen molar-refractivity contribution in [3.05, 3.63) is 69.3 Å². The Hall–Kier alpha value is -0.910. The Balaban J connectivity index is 1.46. The summed E-state index contributed by atoms with van der Waals surface area (Å²) >= 11 is 2.31. The van der Waals surface area contributed by atoms with Crippen molar-refractivity contribution >= 4 is 22.6 Å². The summed E-state index contributed by atoms with van der Waals surface area (Å²) < 4.78 is 1.24. The van der Waals surface area contributed by atoms with Gasteiger partial charge in [-0.2, -0.15) is 0 Å². The smallest absolute Gasteiger partial charge is 0.0707 e. The van der Waals surface area contributed by atoms with Gasteiger partial charge < -0.3 is 10.0 Å². The molecular weight excluding hydrogens is 395 g/mol. The number of nitrogens with zero attached hydrogens (tertiary/aromatic N) is 1. The molecule has 2 aromatic rings. The molecule has 1 saturated heterocycles. The van der Waals surface area contributed by atoms with E-state index in [1.165, 1.54) is 27.5 Å². The van der Waals surface area contributed by atoms with Crippen LogP contribution in [0.4, 0.5) is 0 Å². The molecule has 0 aromatic heterocycles. The molecule has 1 heterocycles. The van der Waals surface area contributed by atoms with E-state index in [1.807, 2.05) is 0 Å². The number of β-amino-alcohol motifs (C(OH)–C–C–N with tert-alkyl or cyclic N) is 1. The maximum absolute atomic E-state index is 10.4. The highest BCUT2D eigenvalue weighted by atomic mass is 125. The van der Waals surface area contributed by atoms with Crippen LogP contribution in [0.15, 0.2) is 54.6 Å². The third-order valence-corrected chi connectivity index (χ3v) is 5.43. The van der Waals surface area contributed by atoms with Crippen molar-refractivity contribution < 1.29 is 5.11 Å². The van der Waals surface area contributed by atoms with Crippen molar-refractivity contribution in [3.63, 3.8) is 0 Å². The highest BCUT2D eigenvalue weighted by Crippen LogP contribution is 2.27. The second-order valence-electron chi connectivity index (χ2n) is 6.47. The van der Waals surface area contributed by atoms with Gasteiger partial charge in [-0.3, -0.25) is 0 Å². The van der Waals surface area contributed by atoms with Crippen molar-refractivity contribution in [1.82, 2.24) is 4.90 Å². The molecule has 0 bridgehead atoms. The van der Waals surface area contributed by atoms with E-state index in [0.29, 0.717) is 5.92 Å². The van der Waals surface area contributed by atoms with E-state index < -0.39 is 0 Å². The number of rotatable bonds is 5. The van der Waals surface area contributed by atoms with Crippen molar-refractivity contribution in [3.8, 4) is 0 Å². The zero-order valence-corrected chi connectivity index (χ0v) is 15.5. The molecule has 1 aliphatic heterocycles. The van der Waals surface area contributed by atoms with E-state index in [-0.39, 0.29) is 6.10 Å². The van der Waals surface area contributed by atoms with E-state index in [1.54, 1.807) is 0 Å². The molecule has 0 aliphatic carbocycles. The van der Waals surface area contributed by atoms with Gasteiger partial charge in [-0.25, -0.2) is 0 Å². The first-order valence-corrected chi connectivity index (χ1v) is 9.48. The molecule has 23 heavy (non-hydrogen) atoms. The van der Waals surface area contributed by atoms with Gasteiger partial charge in [0, 0.05) is 10.1 Å². The van der Waals surface area contributed by atoms with Gasteiger partial charge in [0.2, 0.25) is 0 Å². The van der Waals surface area contributed by atoms with Crippen molar-refractivity contribution in [2.75, 3.05) is 19.6 Å². The molecule has 2 aromatic carbocycles. The van der Waals surface area contributed by atoms with E-state index >= 15 is 0 Å². The Morgan fingerprint density at radius 2 is 1.65 bits per heavy atom. The summed E-state index contributed by atoms with van der Waals surface area (Å²) in [5.41, 5.74) is 2.68. The monoisotopic (exact) mass is 419 g/mol. The van der Waals surface area contributed by atoms with E-state index in [4.69, 9.17) is 0 Å².